The highest BCUT2D eigenvalue weighted by molar-refractivity contribution is 7.86. The molecular formula is C29H32N4O11S2. The number of methoxy groups -OCH3 is 1. The summed E-state index contributed by atoms with van der Waals surface area (Å²) in [6.45, 7) is 9.29. The summed E-state index contributed by atoms with van der Waals surface area (Å²) in [5.74, 6) is -0.451. The van der Waals surface area contributed by atoms with E-state index in [4.69, 9.17) is 14.2 Å². The minimum absolute atomic E-state index is 0.0788. The normalized spacial score (nSPS) is 24.2. The lowest BCUT2D eigenvalue weighted by Crippen LogP contribution is -2.47. The van der Waals surface area contributed by atoms with E-state index in [1.807, 2.05) is 0 Å². The summed E-state index contributed by atoms with van der Waals surface area (Å²) in [5, 5.41) is 2.55. The first-order chi connectivity index (χ1) is 21.6. The highest BCUT2D eigenvalue weighted by Gasteiger charge is 2.47. The molecule has 0 saturated carbocycles. The molecule has 2 amide bonds. The molecule has 0 radical (unpaired) electrons. The van der Waals surface area contributed by atoms with Gasteiger partial charge in [-0.15, -0.1) is 0 Å². The fraction of sp³-hybridized carbons (Fsp3) is 0.379. The van der Waals surface area contributed by atoms with E-state index in [1.165, 1.54) is 35.1 Å². The fourth-order valence-electron chi connectivity index (χ4n) is 6.42. The molecule has 6 rings (SSSR count). The van der Waals surface area contributed by atoms with Crippen molar-refractivity contribution < 1.29 is 49.7 Å². The van der Waals surface area contributed by atoms with Crippen molar-refractivity contribution in [2.45, 2.75) is 42.6 Å². The zero-order valence-electron chi connectivity index (χ0n) is 24.8. The minimum atomic E-state index is -4.65. The van der Waals surface area contributed by atoms with Crippen LogP contribution < -0.4 is 24.8 Å². The summed E-state index contributed by atoms with van der Waals surface area (Å²) in [4.78, 5) is 29.6. The summed E-state index contributed by atoms with van der Waals surface area (Å²) >= 11 is 0. The summed E-state index contributed by atoms with van der Waals surface area (Å²) in [6, 6.07) is 4.00. The number of hydrogen-bond acceptors (Lipinski definition) is 11. The van der Waals surface area contributed by atoms with E-state index in [9.17, 15) is 35.5 Å². The molecule has 2 unspecified atom stereocenters. The SMILES string of the molecule is C=C1C[C@H]2C(S(=O)(=O)O)Nc3cc(OCOc4cc5c(cc4OC)C(=O)N4CC(=C)C[C@H]4C(S(=O)(=O)O)N5)c(C)cc3C(=O)N2C1. The van der Waals surface area contributed by atoms with Crippen LogP contribution in [0, 0.1) is 6.92 Å². The van der Waals surface area contributed by atoms with Crippen LogP contribution in [0.2, 0.25) is 0 Å². The molecule has 4 N–H and O–H groups in total. The van der Waals surface area contributed by atoms with Gasteiger partial charge >= 0.3 is 0 Å². The summed E-state index contributed by atoms with van der Waals surface area (Å²) < 4.78 is 86.4. The molecule has 246 valence electrons. The standard InChI is InChI=1S/C29H32N4O11S2/c1-14-5-21-26(45(36,37)38)30-19-9-23(16(3)7-17(19)28(34)32(21)11-14)43-13-44-25-10-20-18(8-24(25)42-4)29(35)33-12-15(2)6-22(33)27(31-20)46(39,40)41/h7-10,21-22,26-27,30-31H,1-2,5-6,11-13H2,3-4H3,(H,36,37,38)(H,39,40,41)/t21-,22-,26?,27?/m0/s1. The van der Waals surface area contributed by atoms with E-state index >= 15 is 0 Å². The average molecular weight is 677 g/mol. The third-order valence-corrected chi connectivity index (χ3v) is 10.7. The molecule has 0 spiro atoms. The van der Waals surface area contributed by atoms with Crippen LogP contribution in [-0.2, 0) is 20.2 Å². The average Bonchev–Trinajstić information content (AvgIpc) is 3.49. The second kappa shape index (κ2) is 11.2. The van der Waals surface area contributed by atoms with E-state index in [2.05, 4.69) is 23.8 Å². The van der Waals surface area contributed by atoms with Crippen LogP contribution >= 0.6 is 0 Å². The Morgan fingerprint density at radius 3 is 1.72 bits per heavy atom. The topological polar surface area (TPSA) is 201 Å². The Hall–Kier alpha value is -4.32. The molecular weight excluding hydrogens is 644 g/mol. The Morgan fingerprint density at radius 2 is 1.24 bits per heavy atom. The predicted molar refractivity (Wildman–Crippen MR) is 165 cm³/mol. The van der Waals surface area contributed by atoms with Crippen molar-refractivity contribution in [1.82, 2.24) is 9.80 Å². The van der Waals surface area contributed by atoms with Crippen LogP contribution in [0.25, 0.3) is 0 Å². The summed E-state index contributed by atoms with van der Waals surface area (Å²) in [6.07, 6.45) is 0.389. The van der Waals surface area contributed by atoms with Crippen LogP contribution in [-0.4, -0.2) is 97.4 Å². The van der Waals surface area contributed by atoms with Crippen molar-refractivity contribution in [3.63, 3.8) is 0 Å². The third kappa shape index (κ3) is 5.52. The van der Waals surface area contributed by atoms with Gasteiger partial charge in [0.05, 0.1) is 41.7 Å². The van der Waals surface area contributed by atoms with Crippen molar-refractivity contribution >= 4 is 43.4 Å². The molecule has 2 fully saturated rings. The quantitative estimate of drug-likeness (QED) is 0.189. The van der Waals surface area contributed by atoms with Crippen molar-refractivity contribution in [2.24, 2.45) is 0 Å². The Bertz CT molecular complexity index is 1910. The van der Waals surface area contributed by atoms with Crippen LogP contribution in [0.1, 0.15) is 39.1 Å². The second-order valence-electron chi connectivity index (χ2n) is 11.7. The van der Waals surface area contributed by atoms with Gasteiger partial charge in [-0.25, -0.2) is 0 Å². The molecule has 46 heavy (non-hydrogen) atoms. The van der Waals surface area contributed by atoms with Crippen molar-refractivity contribution in [3.05, 3.63) is 65.3 Å². The predicted octanol–water partition coefficient (Wildman–Crippen LogP) is 2.24. The Labute approximate surface area is 265 Å². The number of carbonyl (C=O) groups is 2. The highest BCUT2D eigenvalue weighted by atomic mass is 32.2. The van der Waals surface area contributed by atoms with Gasteiger partial charge < -0.3 is 34.6 Å². The Balaban J connectivity index is 1.27. The van der Waals surface area contributed by atoms with Gasteiger partial charge in [0.1, 0.15) is 5.75 Å². The minimum Gasteiger partial charge on any atom is -0.493 e. The molecule has 0 aromatic heterocycles. The van der Waals surface area contributed by atoms with Crippen molar-refractivity contribution in [2.75, 3.05) is 37.6 Å². The number of nitrogens with zero attached hydrogens (tertiary/aromatic N) is 2. The molecule has 2 saturated heterocycles. The Kier molecular flexibility index (Phi) is 7.70. The number of rotatable bonds is 7. The largest absolute Gasteiger partial charge is 0.493 e. The van der Waals surface area contributed by atoms with Gasteiger partial charge in [-0.3, -0.25) is 18.7 Å². The van der Waals surface area contributed by atoms with Gasteiger partial charge in [-0.2, -0.15) is 16.8 Å². The molecule has 4 atom stereocenters. The number of fused-ring (bicyclic) bond motifs is 4. The highest BCUT2D eigenvalue weighted by Crippen LogP contribution is 2.41. The fourth-order valence-corrected chi connectivity index (χ4v) is 8.25. The maximum Gasteiger partial charge on any atom is 0.288 e. The first kappa shape index (κ1) is 31.7. The molecule has 17 heteroatoms. The molecule has 0 aliphatic carbocycles. The van der Waals surface area contributed by atoms with Crippen LogP contribution in [0.4, 0.5) is 11.4 Å². The molecule has 0 bridgehead atoms. The number of carbonyl (C=O) groups excluding carboxylic acids is 2. The van der Waals surface area contributed by atoms with E-state index in [1.54, 1.807) is 13.0 Å². The molecule has 15 nitrogen and oxygen atoms in total. The van der Waals surface area contributed by atoms with E-state index in [0.717, 1.165) is 0 Å². The van der Waals surface area contributed by atoms with Gasteiger partial charge in [0.25, 0.3) is 32.1 Å². The first-order valence-electron chi connectivity index (χ1n) is 14.1. The van der Waals surface area contributed by atoms with Gasteiger partial charge in [0.2, 0.25) is 6.79 Å². The third-order valence-electron chi connectivity index (χ3n) is 8.55. The summed E-state index contributed by atoms with van der Waals surface area (Å²) in [7, 11) is -7.92. The number of amides is 2. The number of ether oxygens (including phenoxy) is 3. The van der Waals surface area contributed by atoms with Gasteiger partial charge in [-0.1, -0.05) is 24.3 Å². The maximum atomic E-state index is 13.4. The zero-order valence-corrected chi connectivity index (χ0v) is 26.5. The van der Waals surface area contributed by atoms with Crippen LogP contribution in [0.5, 0.6) is 17.2 Å². The van der Waals surface area contributed by atoms with E-state index in [0.29, 0.717) is 16.7 Å². The summed E-state index contributed by atoms with van der Waals surface area (Å²) in [5.41, 5.74) is 2.36. The van der Waals surface area contributed by atoms with Gasteiger partial charge in [0.15, 0.2) is 22.2 Å². The van der Waals surface area contributed by atoms with Gasteiger partial charge in [0, 0.05) is 25.2 Å². The lowest BCUT2D eigenvalue weighted by Gasteiger charge is -2.26. The molecule has 2 aromatic carbocycles. The molecule has 4 aliphatic rings. The number of benzene rings is 2. The maximum absolute atomic E-state index is 13.4. The number of aryl methyl sites for hydroxylation is 1. The molecule has 4 heterocycles. The van der Waals surface area contributed by atoms with Crippen LogP contribution in [0.3, 0.4) is 0 Å². The van der Waals surface area contributed by atoms with E-state index in [-0.39, 0.29) is 65.7 Å². The lowest BCUT2D eigenvalue weighted by molar-refractivity contribution is 0.0737. The first-order valence-corrected chi connectivity index (χ1v) is 17.1. The lowest BCUT2D eigenvalue weighted by atomic mass is 10.1. The van der Waals surface area contributed by atoms with Crippen molar-refractivity contribution in [1.29, 1.82) is 0 Å². The molecule has 2 aromatic rings. The Morgan fingerprint density at radius 1 is 0.783 bits per heavy atom. The number of hydrogen-bond donors (Lipinski definition) is 4. The smallest absolute Gasteiger partial charge is 0.288 e. The number of nitrogens with one attached hydrogen (secondary N) is 2. The van der Waals surface area contributed by atoms with Gasteiger partial charge in [-0.05, 0) is 37.5 Å². The van der Waals surface area contributed by atoms with Crippen molar-refractivity contribution in [3.8, 4) is 17.2 Å². The zero-order chi connectivity index (χ0) is 33.3. The van der Waals surface area contributed by atoms with Crippen LogP contribution in [0.15, 0.2) is 48.6 Å². The molecule has 4 aliphatic heterocycles. The second-order valence-corrected chi connectivity index (χ2v) is 14.8. The number of anilines is 2. The van der Waals surface area contributed by atoms with E-state index < -0.39 is 61.7 Å². The monoisotopic (exact) mass is 676 g/mol.